The van der Waals surface area contributed by atoms with E-state index in [-0.39, 0.29) is 19.1 Å². The molecule has 0 radical (unpaired) electrons. The SMILES string of the molecule is CCOC(=O)COc1ccc(NCC(=O)OC(C)(C)C)cc1Cl. The molecule has 0 bridgehead atoms. The van der Waals surface area contributed by atoms with E-state index in [1.54, 1.807) is 45.9 Å². The minimum Gasteiger partial charge on any atom is -0.480 e. The molecule has 0 spiro atoms. The van der Waals surface area contributed by atoms with Crippen LogP contribution in [0.3, 0.4) is 0 Å². The number of carbonyl (C=O) groups is 2. The maximum absolute atomic E-state index is 11.6. The Kier molecular flexibility index (Phi) is 7.16. The van der Waals surface area contributed by atoms with Crippen molar-refractivity contribution >= 4 is 29.2 Å². The first-order chi connectivity index (χ1) is 10.7. The zero-order valence-corrected chi connectivity index (χ0v) is 14.5. The average molecular weight is 344 g/mol. The van der Waals surface area contributed by atoms with Gasteiger partial charge in [0.1, 0.15) is 17.9 Å². The number of anilines is 1. The van der Waals surface area contributed by atoms with Crippen molar-refractivity contribution in [1.82, 2.24) is 0 Å². The molecule has 0 aliphatic carbocycles. The van der Waals surface area contributed by atoms with E-state index in [2.05, 4.69) is 5.32 Å². The van der Waals surface area contributed by atoms with Gasteiger partial charge in [-0.05, 0) is 45.9 Å². The molecular weight excluding hydrogens is 322 g/mol. The predicted molar refractivity (Wildman–Crippen MR) is 87.9 cm³/mol. The lowest BCUT2D eigenvalue weighted by Crippen LogP contribution is -2.28. The third-order valence-electron chi connectivity index (χ3n) is 2.44. The molecule has 1 rings (SSSR count). The third-order valence-corrected chi connectivity index (χ3v) is 2.73. The Morgan fingerprint density at radius 2 is 1.91 bits per heavy atom. The van der Waals surface area contributed by atoms with Crippen LogP contribution in [0, 0.1) is 0 Å². The van der Waals surface area contributed by atoms with Crippen LogP contribution in [-0.4, -0.2) is 37.3 Å². The molecular formula is C16H22ClNO5. The summed E-state index contributed by atoms with van der Waals surface area (Å²) in [5.74, 6) is -0.463. The van der Waals surface area contributed by atoms with Gasteiger partial charge in [0.15, 0.2) is 6.61 Å². The van der Waals surface area contributed by atoms with Crippen LogP contribution in [0.15, 0.2) is 18.2 Å². The molecule has 0 aromatic heterocycles. The van der Waals surface area contributed by atoms with E-state index in [0.717, 1.165) is 0 Å². The van der Waals surface area contributed by atoms with Crippen LogP contribution < -0.4 is 10.1 Å². The first-order valence-electron chi connectivity index (χ1n) is 7.25. The molecule has 128 valence electrons. The zero-order valence-electron chi connectivity index (χ0n) is 13.8. The molecule has 1 N–H and O–H groups in total. The van der Waals surface area contributed by atoms with E-state index in [1.807, 2.05) is 0 Å². The topological polar surface area (TPSA) is 73.9 Å². The second-order valence-electron chi connectivity index (χ2n) is 5.68. The van der Waals surface area contributed by atoms with Gasteiger partial charge >= 0.3 is 11.9 Å². The minimum absolute atomic E-state index is 0.0244. The van der Waals surface area contributed by atoms with Crippen molar-refractivity contribution in [3.05, 3.63) is 23.2 Å². The standard InChI is InChI=1S/C16H22ClNO5/c1-5-21-15(20)10-22-13-7-6-11(8-12(13)17)18-9-14(19)23-16(2,3)4/h6-8,18H,5,9-10H2,1-4H3. The maximum atomic E-state index is 11.6. The molecule has 0 aliphatic heterocycles. The highest BCUT2D eigenvalue weighted by Gasteiger charge is 2.16. The number of hydrogen-bond acceptors (Lipinski definition) is 6. The number of carbonyl (C=O) groups excluding carboxylic acids is 2. The number of rotatable bonds is 7. The van der Waals surface area contributed by atoms with E-state index < -0.39 is 11.6 Å². The fourth-order valence-corrected chi connectivity index (χ4v) is 1.85. The second kappa shape index (κ2) is 8.62. The summed E-state index contributed by atoms with van der Waals surface area (Å²) in [5, 5.41) is 3.24. The van der Waals surface area contributed by atoms with E-state index in [4.69, 9.17) is 25.8 Å². The van der Waals surface area contributed by atoms with Crippen LogP contribution in [0.25, 0.3) is 0 Å². The Hall–Kier alpha value is -1.95. The molecule has 1 aromatic carbocycles. The fourth-order valence-electron chi connectivity index (χ4n) is 1.62. The number of benzene rings is 1. The van der Waals surface area contributed by atoms with Gasteiger partial charge in [0.2, 0.25) is 0 Å². The molecule has 0 saturated heterocycles. The Morgan fingerprint density at radius 3 is 2.48 bits per heavy atom. The Bertz CT molecular complexity index is 554. The summed E-state index contributed by atoms with van der Waals surface area (Å²) < 4.78 is 15.2. The van der Waals surface area contributed by atoms with Crippen LogP contribution >= 0.6 is 11.6 Å². The van der Waals surface area contributed by atoms with E-state index in [1.165, 1.54) is 0 Å². The number of nitrogens with one attached hydrogen (secondary N) is 1. The van der Waals surface area contributed by atoms with Crippen LogP contribution in [0.5, 0.6) is 5.75 Å². The first-order valence-corrected chi connectivity index (χ1v) is 7.62. The van der Waals surface area contributed by atoms with E-state index >= 15 is 0 Å². The third kappa shape index (κ3) is 7.74. The number of halogens is 1. The lowest BCUT2D eigenvalue weighted by Gasteiger charge is -2.19. The molecule has 0 heterocycles. The molecule has 0 aliphatic rings. The van der Waals surface area contributed by atoms with Gasteiger partial charge in [-0.1, -0.05) is 11.6 Å². The minimum atomic E-state index is -0.527. The van der Waals surface area contributed by atoms with E-state index in [0.29, 0.717) is 23.1 Å². The van der Waals surface area contributed by atoms with Crippen molar-refractivity contribution in [2.75, 3.05) is 25.1 Å². The molecule has 0 fully saturated rings. The lowest BCUT2D eigenvalue weighted by molar-refractivity contribution is -0.152. The van der Waals surface area contributed by atoms with Crippen LogP contribution in [0.1, 0.15) is 27.7 Å². The summed E-state index contributed by atoms with van der Waals surface area (Å²) in [6.07, 6.45) is 0. The van der Waals surface area contributed by atoms with Gasteiger partial charge in [-0.2, -0.15) is 0 Å². The number of esters is 2. The van der Waals surface area contributed by atoms with Crippen molar-refractivity contribution in [3.63, 3.8) is 0 Å². The highest BCUT2D eigenvalue weighted by molar-refractivity contribution is 6.32. The largest absolute Gasteiger partial charge is 0.480 e. The summed E-state index contributed by atoms with van der Waals surface area (Å²) in [4.78, 5) is 22.9. The second-order valence-corrected chi connectivity index (χ2v) is 6.09. The average Bonchev–Trinajstić information content (AvgIpc) is 2.42. The maximum Gasteiger partial charge on any atom is 0.344 e. The van der Waals surface area contributed by atoms with Gasteiger partial charge in [0.25, 0.3) is 0 Å². The number of hydrogen-bond donors (Lipinski definition) is 1. The van der Waals surface area contributed by atoms with Crippen molar-refractivity contribution < 1.29 is 23.8 Å². The van der Waals surface area contributed by atoms with Crippen molar-refractivity contribution in [2.45, 2.75) is 33.3 Å². The zero-order chi connectivity index (χ0) is 17.5. The molecule has 7 heteroatoms. The fraction of sp³-hybridized carbons (Fsp3) is 0.500. The van der Waals surface area contributed by atoms with E-state index in [9.17, 15) is 9.59 Å². The van der Waals surface area contributed by atoms with Gasteiger partial charge in [-0.25, -0.2) is 4.79 Å². The van der Waals surface area contributed by atoms with Crippen molar-refractivity contribution in [3.8, 4) is 5.75 Å². The van der Waals surface area contributed by atoms with Gasteiger partial charge < -0.3 is 19.5 Å². The highest BCUT2D eigenvalue weighted by Crippen LogP contribution is 2.27. The molecule has 0 atom stereocenters. The summed E-state index contributed by atoms with van der Waals surface area (Å²) in [6.45, 7) is 7.24. The lowest BCUT2D eigenvalue weighted by atomic mass is 10.2. The molecule has 0 saturated carbocycles. The molecule has 0 unspecified atom stereocenters. The van der Waals surface area contributed by atoms with Gasteiger partial charge in [-0.15, -0.1) is 0 Å². The Morgan fingerprint density at radius 1 is 1.22 bits per heavy atom. The van der Waals surface area contributed by atoms with Gasteiger partial charge in [-0.3, -0.25) is 4.79 Å². The van der Waals surface area contributed by atoms with Crippen LogP contribution in [-0.2, 0) is 19.1 Å². The normalized spacial score (nSPS) is 10.8. The molecule has 1 aromatic rings. The van der Waals surface area contributed by atoms with Gasteiger partial charge in [0, 0.05) is 5.69 Å². The highest BCUT2D eigenvalue weighted by atomic mass is 35.5. The first kappa shape index (κ1) is 19.1. The van der Waals surface area contributed by atoms with Gasteiger partial charge in [0.05, 0.1) is 11.6 Å². The summed E-state index contributed by atoms with van der Waals surface area (Å²) >= 11 is 6.08. The van der Waals surface area contributed by atoms with Crippen molar-refractivity contribution in [1.29, 1.82) is 0 Å². The predicted octanol–water partition coefficient (Wildman–Crippen LogP) is 3.04. The molecule has 0 amide bonds. The van der Waals surface area contributed by atoms with Crippen LogP contribution in [0.2, 0.25) is 5.02 Å². The Balaban J connectivity index is 2.52. The number of ether oxygens (including phenoxy) is 3. The van der Waals surface area contributed by atoms with Crippen LogP contribution in [0.4, 0.5) is 5.69 Å². The smallest absolute Gasteiger partial charge is 0.344 e. The summed E-state index contributed by atoms with van der Waals surface area (Å²) in [7, 11) is 0. The Labute approximate surface area is 141 Å². The van der Waals surface area contributed by atoms with Crippen molar-refractivity contribution in [2.24, 2.45) is 0 Å². The molecule has 6 nitrogen and oxygen atoms in total. The summed E-state index contributed by atoms with van der Waals surface area (Å²) in [5.41, 5.74) is 0.116. The monoisotopic (exact) mass is 343 g/mol. The summed E-state index contributed by atoms with van der Waals surface area (Å²) in [6, 6.07) is 4.90. The molecule has 23 heavy (non-hydrogen) atoms. The quantitative estimate of drug-likeness (QED) is 0.767.